The number of hydrogen-bond donors (Lipinski definition) is 0. The molecule has 0 unspecified atom stereocenters. The van der Waals surface area contributed by atoms with E-state index in [2.05, 4.69) is 0 Å². The Hall–Kier alpha value is -1.22. The maximum absolute atomic E-state index is 5.36. The Labute approximate surface area is 77.2 Å². The molecule has 1 aromatic carbocycles. The highest BCUT2D eigenvalue weighted by molar-refractivity contribution is 5.41. The minimum atomic E-state index is -0.558. The van der Waals surface area contributed by atoms with E-state index in [0.717, 1.165) is 17.9 Å². The van der Waals surface area contributed by atoms with Crippen LogP contribution in [0, 0.1) is 0 Å². The fourth-order valence-corrected chi connectivity index (χ4v) is 1.16. The van der Waals surface area contributed by atoms with E-state index in [1.807, 2.05) is 31.2 Å². The average molecular weight is 180 g/mol. The topological polar surface area (TPSA) is 27.7 Å². The molecule has 13 heavy (non-hydrogen) atoms. The lowest BCUT2D eigenvalue weighted by Crippen LogP contribution is -2.22. The lowest BCUT2D eigenvalue weighted by Gasteiger charge is -2.09. The second-order valence-corrected chi connectivity index (χ2v) is 2.84. The quantitative estimate of drug-likeness (QED) is 0.713. The summed E-state index contributed by atoms with van der Waals surface area (Å²) in [5, 5.41) is 0. The first-order chi connectivity index (χ1) is 6.40. The fraction of sp³-hybridized carbons (Fsp3) is 0.400. The van der Waals surface area contributed by atoms with Gasteiger partial charge in [0, 0.05) is 0 Å². The third-order valence-corrected chi connectivity index (χ3v) is 1.75. The molecule has 3 heteroatoms. The van der Waals surface area contributed by atoms with Crippen LogP contribution in [0.1, 0.15) is 13.3 Å². The molecule has 0 radical (unpaired) electrons. The predicted molar refractivity (Wildman–Crippen MR) is 47.7 cm³/mol. The third kappa shape index (κ3) is 1.75. The van der Waals surface area contributed by atoms with E-state index in [1.54, 1.807) is 0 Å². The molecule has 0 N–H and O–H groups in total. The molecule has 0 saturated heterocycles. The van der Waals surface area contributed by atoms with Gasteiger partial charge in [-0.15, -0.1) is 0 Å². The van der Waals surface area contributed by atoms with Gasteiger partial charge in [0.05, 0.1) is 6.61 Å². The first-order valence-electron chi connectivity index (χ1n) is 4.44. The van der Waals surface area contributed by atoms with Crippen molar-refractivity contribution in [2.75, 3.05) is 6.61 Å². The van der Waals surface area contributed by atoms with Crippen molar-refractivity contribution in [1.82, 2.24) is 0 Å². The van der Waals surface area contributed by atoms with E-state index >= 15 is 0 Å². The summed E-state index contributed by atoms with van der Waals surface area (Å²) in [7, 11) is 0. The number of benzene rings is 1. The number of para-hydroxylation sites is 2. The molecule has 1 aliphatic rings. The summed E-state index contributed by atoms with van der Waals surface area (Å²) in [4.78, 5) is 0. The molecule has 1 heterocycles. The molecule has 0 aliphatic carbocycles. The van der Waals surface area contributed by atoms with Gasteiger partial charge >= 0.3 is 6.48 Å². The van der Waals surface area contributed by atoms with Gasteiger partial charge in [0.2, 0.25) is 0 Å². The molecule has 0 spiro atoms. The molecule has 0 bridgehead atoms. The molecular formula is C10H12O3. The van der Waals surface area contributed by atoms with Crippen LogP contribution in [0.2, 0.25) is 0 Å². The number of hydrogen-bond acceptors (Lipinski definition) is 3. The minimum absolute atomic E-state index is 0.558. The maximum atomic E-state index is 5.36. The van der Waals surface area contributed by atoms with Crippen LogP contribution in [0.5, 0.6) is 11.5 Å². The van der Waals surface area contributed by atoms with Gasteiger partial charge in [-0.05, 0) is 18.6 Å². The average Bonchev–Trinajstić information content (AvgIpc) is 2.57. The van der Waals surface area contributed by atoms with Crippen molar-refractivity contribution >= 4 is 0 Å². The van der Waals surface area contributed by atoms with E-state index in [1.165, 1.54) is 0 Å². The monoisotopic (exact) mass is 180 g/mol. The molecule has 1 aliphatic heterocycles. The summed E-state index contributed by atoms with van der Waals surface area (Å²) in [6.07, 6.45) is 0.958. The molecular weight excluding hydrogens is 168 g/mol. The van der Waals surface area contributed by atoms with Gasteiger partial charge in [-0.25, -0.2) is 0 Å². The van der Waals surface area contributed by atoms with Gasteiger partial charge in [0.15, 0.2) is 11.5 Å². The van der Waals surface area contributed by atoms with Crippen molar-refractivity contribution in [3.63, 3.8) is 0 Å². The Morgan fingerprint density at radius 2 is 1.85 bits per heavy atom. The summed E-state index contributed by atoms with van der Waals surface area (Å²) >= 11 is 0. The van der Waals surface area contributed by atoms with Gasteiger partial charge in [0.1, 0.15) is 0 Å². The number of rotatable bonds is 3. The second kappa shape index (κ2) is 3.66. The molecule has 1 aromatic rings. The van der Waals surface area contributed by atoms with Gasteiger partial charge < -0.3 is 14.2 Å². The fourth-order valence-electron chi connectivity index (χ4n) is 1.16. The SMILES string of the molecule is CCCOC1Oc2ccccc2O1. The summed E-state index contributed by atoms with van der Waals surface area (Å²) in [5.41, 5.74) is 0. The summed E-state index contributed by atoms with van der Waals surface area (Å²) in [6.45, 7) is 2.14. The lowest BCUT2D eigenvalue weighted by molar-refractivity contribution is -0.176. The van der Waals surface area contributed by atoms with Crippen molar-refractivity contribution in [3.8, 4) is 11.5 Å². The highest BCUT2D eigenvalue weighted by atomic mass is 16.9. The van der Waals surface area contributed by atoms with Crippen molar-refractivity contribution in [2.45, 2.75) is 19.8 Å². The Balaban J connectivity index is 1.97. The van der Waals surface area contributed by atoms with Crippen LogP contribution >= 0.6 is 0 Å². The molecule has 0 fully saturated rings. The standard InChI is InChI=1S/C10H12O3/c1-2-7-11-10-12-8-5-3-4-6-9(8)13-10/h3-6,10H,2,7H2,1H3. The molecule has 2 rings (SSSR count). The first-order valence-corrected chi connectivity index (χ1v) is 4.44. The smallest absolute Gasteiger partial charge is 0.361 e. The van der Waals surface area contributed by atoms with E-state index in [0.29, 0.717) is 6.61 Å². The molecule has 0 atom stereocenters. The van der Waals surface area contributed by atoms with Crippen molar-refractivity contribution < 1.29 is 14.2 Å². The van der Waals surface area contributed by atoms with Crippen molar-refractivity contribution in [1.29, 1.82) is 0 Å². The summed E-state index contributed by atoms with van der Waals surface area (Å²) in [5.74, 6) is 1.51. The summed E-state index contributed by atoms with van der Waals surface area (Å²) in [6, 6.07) is 7.55. The van der Waals surface area contributed by atoms with E-state index in [4.69, 9.17) is 14.2 Å². The van der Waals surface area contributed by atoms with Gasteiger partial charge in [-0.3, -0.25) is 0 Å². The van der Waals surface area contributed by atoms with Crippen LogP contribution in [-0.4, -0.2) is 13.1 Å². The zero-order chi connectivity index (χ0) is 9.10. The van der Waals surface area contributed by atoms with Gasteiger partial charge in [-0.2, -0.15) is 0 Å². The van der Waals surface area contributed by atoms with Crippen LogP contribution in [0.3, 0.4) is 0 Å². The number of ether oxygens (including phenoxy) is 3. The van der Waals surface area contributed by atoms with E-state index in [9.17, 15) is 0 Å². The molecule has 0 saturated carbocycles. The third-order valence-electron chi connectivity index (χ3n) is 1.75. The van der Waals surface area contributed by atoms with Gasteiger partial charge in [-0.1, -0.05) is 19.1 Å². The zero-order valence-electron chi connectivity index (χ0n) is 7.53. The second-order valence-electron chi connectivity index (χ2n) is 2.84. The Morgan fingerprint density at radius 1 is 1.23 bits per heavy atom. The van der Waals surface area contributed by atoms with Crippen LogP contribution in [0.15, 0.2) is 24.3 Å². The van der Waals surface area contributed by atoms with Crippen molar-refractivity contribution in [2.24, 2.45) is 0 Å². The van der Waals surface area contributed by atoms with Crippen LogP contribution < -0.4 is 9.47 Å². The van der Waals surface area contributed by atoms with Crippen LogP contribution in [0.25, 0.3) is 0 Å². The molecule has 3 nitrogen and oxygen atoms in total. The normalized spacial score (nSPS) is 14.8. The lowest BCUT2D eigenvalue weighted by atomic mass is 10.3. The predicted octanol–water partition coefficient (Wildman–Crippen LogP) is 2.17. The molecule has 70 valence electrons. The minimum Gasteiger partial charge on any atom is -0.428 e. The molecule has 0 aromatic heterocycles. The Kier molecular flexibility index (Phi) is 2.36. The summed E-state index contributed by atoms with van der Waals surface area (Å²) < 4.78 is 16.0. The highest BCUT2D eigenvalue weighted by Gasteiger charge is 2.23. The number of fused-ring (bicyclic) bond motifs is 1. The van der Waals surface area contributed by atoms with Crippen LogP contribution in [0.4, 0.5) is 0 Å². The largest absolute Gasteiger partial charge is 0.428 e. The van der Waals surface area contributed by atoms with Crippen LogP contribution in [-0.2, 0) is 4.74 Å². The maximum Gasteiger partial charge on any atom is 0.361 e. The Morgan fingerprint density at radius 3 is 2.38 bits per heavy atom. The Bertz CT molecular complexity index is 260. The van der Waals surface area contributed by atoms with E-state index in [-0.39, 0.29) is 0 Å². The molecule has 0 amide bonds. The highest BCUT2D eigenvalue weighted by Crippen LogP contribution is 2.33. The first kappa shape index (κ1) is 8.38. The van der Waals surface area contributed by atoms with E-state index < -0.39 is 6.48 Å². The van der Waals surface area contributed by atoms with Gasteiger partial charge in [0.25, 0.3) is 0 Å². The van der Waals surface area contributed by atoms with Crippen molar-refractivity contribution in [3.05, 3.63) is 24.3 Å². The zero-order valence-corrected chi connectivity index (χ0v) is 7.53.